The SMILES string of the molecule is CCCCN1N=C(CC)C(CCCN)C1=O. The van der Waals surface area contributed by atoms with Crippen LogP contribution < -0.4 is 5.73 Å². The third-order valence-electron chi connectivity index (χ3n) is 2.99. The highest BCUT2D eigenvalue weighted by molar-refractivity contribution is 6.07. The standard InChI is InChI=1S/C12H23N3O/c1-3-5-9-15-12(16)10(7-6-8-13)11(4-2)14-15/h10H,3-9,13H2,1-2H3. The molecule has 1 aliphatic heterocycles. The Morgan fingerprint density at radius 3 is 2.69 bits per heavy atom. The number of rotatable bonds is 7. The van der Waals surface area contributed by atoms with Gasteiger partial charge < -0.3 is 5.73 Å². The summed E-state index contributed by atoms with van der Waals surface area (Å²) < 4.78 is 0. The van der Waals surface area contributed by atoms with Crippen LogP contribution in [0.4, 0.5) is 0 Å². The van der Waals surface area contributed by atoms with Crippen molar-refractivity contribution in [3.05, 3.63) is 0 Å². The summed E-state index contributed by atoms with van der Waals surface area (Å²) in [6.45, 7) is 5.59. The van der Waals surface area contributed by atoms with E-state index in [1.54, 1.807) is 5.01 Å². The van der Waals surface area contributed by atoms with Gasteiger partial charge in [-0.25, -0.2) is 5.01 Å². The van der Waals surface area contributed by atoms with E-state index < -0.39 is 0 Å². The van der Waals surface area contributed by atoms with Crippen LogP contribution in [0.3, 0.4) is 0 Å². The van der Waals surface area contributed by atoms with E-state index >= 15 is 0 Å². The molecule has 0 saturated carbocycles. The maximum absolute atomic E-state index is 12.1. The van der Waals surface area contributed by atoms with E-state index in [4.69, 9.17) is 5.73 Å². The Morgan fingerprint density at radius 1 is 1.38 bits per heavy atom. The number of unbranched alkanes of at least 4 members (excludes halogenated alkanes) is 1. The van der Waals surface area contributed by atoms with Gasteiger partial charge in [-0.2, -0.15) is 5.10 Å². The van der Waals surface area contributed by atoms with Crippen molar-refractivity contribution in [3.8, 4) is 0 Å². The largest absolute Gasteiger partial charge is 0.330 e. The summed E-state index contributed by atoms with van der Waals surface area (Å²) in [5.41, 5.74) is 6.53. The summed E-state index contributed by atoms with van der Waals surface area (Å²) in [4.78, 5) is 12.1. The van der Waals surface area contributed by atoms with E-state index in [1.807, 2.05) is 0 Å². The zero-order valence-corrected chi connectivity index (χ0v) is 10.4. The molecule has 4 nitrogen and oxygen atoms in total. The van der Waals surface area contributed by atoms with Gasteiger partial charge in [-0.15, -0.1) is 0 Å². The Hall–Kier alpha value is -0.900. The van der Waals surface area contributed by atoms with E-state index in [-0.39, 0.29) is 11.8 Å². The van der Waals surface area contributed by atoms with Gasteiger partial charge >= 0.3 is 0 Å². The Morgan fingerprint density at radius 2 is 2.12 bits per heavy atom. The summed E-state index contributed by atoms with van der Waals surface area (Å²) in [5, 5.41) is 6.08. The van der Waals surface area contributed by atoms with Crippen LogP contribution in [0.15, 0.2) is 5.10 Å². The highest BCUT2D eigenvalue weighted by atomic mass is 16.2. The van der Waals surface area contributed by atoms with Crippen molar-refractivity contribution < 1.29 is 4.79 Å². The second kappa shape index (κ2) is 6.63. The van der Waals surface area contributed by atoms with E-state index in [0.29, 0.717) is 6.54 Å². The van der Waals surface area contributed by atoms with Crippen molar-refractivity contribution in [2.45, 2.75) is 46.0 Å². The predicted octanol–water partition coefficient (Wildman–Crippen LogP) is 1.75. The lowest BCUT2D eigenvalue weighted by molar-refractivity contribution is -0.132. The molecule has 1 heterocycles. The minimum absolute atomic E-state index is 0.00501. The average Bonchev–Trinajstić information content (AvgIpc) is 2.60. The van der Waals surface area contributed by atoms with E-state index in [0.717, 1.165) is 44.4 Å². The van der Waals surface area contributed by atoms with Gasteiger partial charge in [0.1, 0.15) is 0 Å². The molecule has 0 bridgehead atoms. The first-order valence-corrected chi connectivity index (χ1v) is 6.33. The first kappa shape index (κ1) is 13.2. The molecule has 2 N–H and O–H groups in total. The highest BCUT2D eigenvalue weighted by Gasteiger charge is 2.33. The van der Waals surface area contributed by atoms with Gasteiger partial charge in [0, 0.05) is 6.54 Å². The average molecular weight is 225 g/mol. The molecule has 0 aliphatic carbocycles. The number of hydrogen-bond donors (Lipinski definition) is 1. The molecule has 16 heavy (non-hydrogen) atoms. The number of carbonyl (C=O) groups excluding carboxylic acids is 1. The van der Waals surface area contributed by atoms with Gasteiger partial charge in [-0.3, -0.25) is 4.79 Å². The van der Waals surface area contributed by atoms with Crippen molar-refractivity contribution in [2.24, 2.45) is 16.8 Å². The van der Waals surface area contributed by atoms with Crippen molar-refractivity contribution >= 4 is 11.6 Å². The minimum atomic E-state index is 0.00501. The molecule has 0 radical (unpaired) electrons. The van der Waals surface area contributed by atoms with Gasteiger partial charge in [-0.1, -0.05) is 20.3 Å². The van der Waals surface area contributed by atoms with Crippen LogP contribution in [-0.4, -0.2) is 29.7 Å². The first-order valence-electron chi connectivity index (χ1n) is 6.33. The van der Waals surface area contributed by atoms with Crippen molar-refractivity contribution in [3.63, 3.8) is 0 Å². The number of hydrogen-bond acceptors (Lipinski definition) is 3. The molecule has 0 spiro atoms. The molecule has 0 aromatic carbocycles. The van der Waals surface area contributed by atoms with Crippen LogP contribution in [0.25, 0.3) is 0 Å². The van der Waals surface area contributed by atoms with Crippen LogP contribution >= 0.6 is 0 Å². The number of amides is 1. The van der Waals surface area contributed by atoms with Crippen LogP contribution in [0.5, 0.6) is 0 Å². The van der Waals surface area contributed by atoms with Crippen molar-refractivity contribution in [1.29, 1.82) is 0 Å². The molecular formula is C12H23N3O. The Kier molecular flexibility index (Phi) is 5.46. The van der Waals surface area contributed by atoms with Gasteiger partial charge in [0.2, 0.25) is 0 Å². The minimum Gasteiger partial charge on any atom is -0.330 e. The third kappa shape index (κ3) is 3.04. The molecule has 0 aromatic rings. The monoisotopic (exact) mass is 225 g/mol. The lowest BCUT2D eigenvalue weighted by Crippen LogP contribution is -2.28. The third-order valence-corrected chi connectivity index (χ3v) is 2.99. The van der Waals surface area contributed by atoms with E-state index in [2.05, 4.69) is 18.9 Å². The topological polar surface area (TPSA) is 58.7 Å². The lowest BCUT2D eigenvalue weighted by atomic mass is 9.96. The van der Waals surface area contributed by atoms with Gasteiger partial charge in [0.15, 0.2) is 0 Å². The molecule has 1 amide bonds. The summed E-state index contributed by atoms with van der Waals surface area (Å²) in [5.74, 6) is 0.184. The van der Waals surface area contributed by atoms with Crippen LogP contribution in [0.2, 0.25) is 0 Å². The molecule has 4 heteroatoms. The first-order chi connectivity index (χ1) is 7.74. The molecule has 1 rings (SSSR count). The number of nitrogens with zero attached hydrogens (tertiary/aromatic N) is 2. The summed E-state index contributed by atoms with van der Waals surface area (Å²) >= 11 is 0. The van der Waals surface area contributed by atoms with Gasteiger partial charge in [-0.05, 0) is 32.2 Å². The molecule has 0 fully saturated rings. The van der Waals surface area contributed by atoms with E-state index in [9.17, 15) is 4.79 Å². The Balaban J connectivity index is 2.58. The smallest absolute Gasteiger partial charge is 0.251 e. The van der Waals surface area contributed by atoms with Crippen LogP contribution in [0.1, 0.15) is 46.0 Å². The maximum atomic E-state index is 12.1. The molecule has 1 atom stereocenters. The van der Waals surface area contributed by atoms with Crippen molar-refractivity contribution in [1.82, 2.24) is 5.01 Å². The molecule has 1 aliphatic rings. The maximum Gasteiger partial charge on any atom is 0.251 e. The molecule has 1 unspecified atom stereocenters. The molecular weight excluding hydrogens is 202 g/mol. The van der Waals surface area contributed by atoms with Crippen LogP contribution in [0, 0.1) is 5.92 Å². The zero-order valence-electron chi connectivity index (χ0n) is 10.4. The highest BCUT2D eigenvalue weighted by Crippen LogP contribution is 2.22. The molecule has 0 saturated heterocycles. The zero-order chi connectivity index (χ0) is 12.0. The Bertz CT molecular complexity index is 263. The van der Waals surface area contributed by atoms with E-state index in [1.165, 1.54) is 0 Å². The number of carbonyl (C=O) groups is 1. The summed E-state index contributed by atoms with van der Waals surface area (Å²) in [7, 11) is 0. The fourth-order valence-corrected chi connectivity index (χ4v) is 1.99. The lowest BCUT2D eigenvalue weighted by Gasteiger charge is -2.13. The van der Waals surface area contributed by atoms with Crippen LogP contribution in [-0.2, 0) is 4.79 Å². The second-order valence-corrected chi connectivity index (χ2v) is 4.24. The van der Waals surface area contributed by atoms with Gasteiger partial charge in [0.05, 0.1) is 11.6 Å². The Labute approximate surface area is 97.9 Å². The number of hydrazone groups is 1. The quantitative estimate of drug-likeness (QED) is 0.717. The number of nitrogens with two attached hydrogens (primary N) is 1. The summed E-state index contributed by atoms with van der Waals surface area (Å²) in [6.07, 6.45) is 4.73. The van der Waals surface area contributed by atoms with Gasteiger partial charge in [0.25, 0.3) is 5.91 Å². The summed E-state index contributed by atoms with van der Waals surface area (Å²) in [6, 6.07) is 0. The fraction of sp³-hybridized carbons (Fsp3) is 0.833. The predicted molar refractivity (Wildman–Crippen MR) is 66.1 cm³/mol. The normalized spacial score (nSPS) is 20.4. The van der Waals surface area contributed by atoms with Crippen molar-refractivity contribution in [2.75, 3.05) is 13.1 Å². The fourth-order valence-electron chi connectivity index (χ4n) is 1.99. The molecule has 0 aromatic heterocycles. The molecule has 92 valence electrons. The second-order valence-electron chi connectivity index (χ2n) is 4.24.